The van der Waals surface area contributed by atoms with Crippen LogP contribution < -0.4 is 10.2 Å². The van der Waals surface area contributed by atoms with Crippen molar-refractivity contribution in [2.24, 2.45) is 0 Å². The van der Waals surface area contributed by atoms with Gasteiger partial charge in [-0.3, -0.25) is 0 Å². The predicted octanol–water partition coefficient (Wildman–Crippen LogP) is 4.02. The Bertz CT molecular complexity index is 858. The number of halogens is 3. The second-order valence-electron chi connectivity index (χ2n) is 7.19. The summed E-state index contributed by atoms with van der Waals surface area (Å²) < 4.78 is 39.8. The molecule has 0 bridgehead atoms. The van der Waals surface area contributed by atoms with Crippen molar-refractivity contribution in [1.29, 1.82) is 5.41 Å². The van der Waals surface area contributed by atoms with Crippen molar-refractivity contribution in [2.45, 2.75) is 26.1 Å². The lowest BCUT2D eigenvalue weighted by Crippen LogP contribution is -2.45. The molecule has 3 rings (SSSR count). The number of aryl methyl sites for hydroxylation is 1. The topological polar surface area (TPSA) is 55.3 Å². The van der Waals surface area contributed by atoms with Crippen LogP contribution in [0.3, 0.4) is 0 Å². The van der Waals surface area contributed by atoms with Crippen molar-refractivity contribution in [2.75, 3.05) is 43.4 Å². The van der Waals surface area contributed by atoms with Gasteiger partial charge in [-0.2, -0.15) is 13.2 Å². The molecule has 1 saturated heterocycles. The third kappa shape index (κ3) is 4.70. The van der Waals surface area contributed by atoms with Gasteiger partial charge in [-0.05, 0) is 30.7 Å². The lowest BCUT2D eigenvalue weighted by Gasteiger charge is -2.36. The van der Waals surface area contributed by atoms with Crippen LogP contribution in [-0.4, -0.2) is 49.3 Å². The summed E-state index contributed by atoms with van der Waals surface area (Å²) in [4.78, 5) is 8.91. The van der Waals surface area contributed by atoms with Crippen LogP contribution in [0.2, 0.25) is 0 Å². The van der Waals surface area contributed by atoms with Gasteiger partial charge < -0.3 is 20.5 Å². The third-order valence-electron chi connectivity index (χ3n) is 5.28. The Morgan fingerprint density at radius 2 is 1.83 bits per heavy atom. The second kappa shape index (κ2) is 8.82. The van der Waals surface area contributed by atoms with E-state index in [4.69, 9.17) is 5.41 Å². The Kier molecular flexibility index (Phi) is 6.42. The molecule has 0 atom stereocenters. The van der Waals surface area contributed by atoms with Gasteiger partial charge in [-0.15, -0.1) is 0 Å². The highest BCUT2D eigenvalue weighted by Crippen LogP contribution is 2.33. The smallest absolute Gasteiger partial charge is 0.368 e. The summed E-state index contributed by atoms with van der Waals surface area (Å²) >= 11 is 0. The van der Waals surface area contributed by atoms with Crippen LogP contribution in [-0.2, 0) is 19.1 Å². The van der Waals surface area contributed by atoms with Crippen molar-refractivity contribution < 1.29 is 13.2 Å². The van der Waals surface area contributed by atoms with E-state index in [-0.39, 0.29) is 12.1 Å². The van der Waals surface area contributed by atoms with Crippen molar-refractivity contribution in [1.82, 2.24) is 9.88 Å². The number of benzene rings is 1. The second-order valence-corrected chi connectivity index (χ2v) is 7.19. The summed E-state index contributed by atoms with van der Waals surface area (Å²) in [6.45, 7) is 5.54. The lowest BCUT2D eigenvalue weighted by atomic mass is 10.0. The third-order valence-corrected chi connectivity index (χ3v) is 5.28. The van der Waals surface area contributed by atoms with E-state index in [2.05, 4.69) is 27.1 Å². The molecule has 0 unspecified atom stereocenters. The van der Waals surface area contributed by atoms with Crippen LogP contribution >= 0.6 is 0 Å². The highest BCUT2D eigenvalue weighted by molar-refractivity contribution is 5.93. The fourth-order valence-electron chi connectivity index (χ4n) is 3.63. The lowest BCUT2D eigenvalue weighted by molar-refractivity contribution is -0.138. The van der Waals surface area contributed by atoms with E-state index in [1.807, 2.05) is 6.92 Å². The molecule has 0 radical (unpaired) electrons. The van der Waals surface area contributed by atoms with Gasteiger partial charge in [-0.1, -0.05) is 25.1 Å². The van der Waals surface area contributed by atoms with Gasteiger partial charge in [0.25, 0.3) is 0 Å². The highest BCUT2D eigenvalue weighted by atomic mass is 19.4. The number of likely N-dealkylation sites (N-methyl/N-ethyl adjacent to an activating group) is 1. The average molecular weight is 405 g/mol. The van der Waals surface area contributed by atoms with Gasteiger partial charge in [0.05, 0.1) is 16.8 Å². The molecule has 1 aliphatic rings. The quantitative estimate of drug-likeness (QED) is 0.713. The zero-order chi connectivity index (χ0) is 21.0. The molecule has 1 aliphatic heterocycles. The van der Waals surface area contributed by atoms with Crippen LogP contribution in [0.25, 0.3) is 0 Å². The van der Waals surface area contributed by atoms with E-state index in [1.165, 1.54) is 18.3 Å². The Morgan fingerprint density at radius 3 is 2.45 bits per heavy atom. The van der Waals surface area contributed by atoms with Crippen molar-refractivity contribution in [3.63, 3.8) is 0 Å². The van der Waals surface area contributed by atoms with Crippen LogP contribution in [0.1, 0.15) is 29.2 Å². The SMILES string of the molecule is CCc1cnc(NCc2ccccc2C(F)(F)F)c(C=N)c1N1CCN(C)CC1. The summed E-state index contributed by atoms with van der Waals surface area (Å²) in [5.74, 6) is 0.433. The number of nitrogens with one attached hydrogen (secondary N) is 2. The fraction of sp³-hybridized carbons (Fsp3) is 0.429. The van der Waals surface area contributed by atoms with E-state index < -0.39 is 11.7 Å². The van der Waals surface area contributed by atoms with Gasteiger partial charge in [0.1, 0.15) is 5.82 Å². The monoisotopic (exact) mass is 405 g/mol. The van der Waals surface area contributed by atoms with E-state index in [0.717, 1.165) is 49.9 Å². The molecular weight excluding hydrogens is 379 g/mol. The van der Waals surface area contributed by atoms with Gasteiger partial charge in [0.2, 0.25) is 0 Å². The predicted molar refractivity (Wildman–Crippen MR) is 110 cm³/mol. The average Bonchev–Trinajstić information content (AvgIpc) is 2.71. The molecule has 0 amide bonds. The number of pyridine rings is 1. The highest BCUT2D eigenvalue weighted by Gasteiger charge is 2.32. The molecule has 2 N–H and O–H groups in total. The number of aromatic nitrogens is 1. The summed E-state index contributed by atoms with van der Waals surface area (Å²) in [6.07, 6.45) is -0.629. The van der Waals surface area contributed by atoms with Gasteiger partial charge in [0, 0.05) is 45.1 Å². The van der Waals surface area contributed by atoms with Crippen LogP contribution in [0.4, 0.5) is 24.7 Å². The Labute approximate surface area is 169 Å². The Hall–Kier alpha value is -2.61. The normalized spacial score (nSPS) is 15.4. The van der Waals surface area contributed by atoms with Crippen LogP contribution in [0.15, 0.2) is 30.5 Å². The zero-order valence-electron chi connectivity index (χ0n) is 16.7. The maximum absolute atomic E-state index is 13.3. The van der Waals surface area contributed by atoms with Gasteiger partial charge >= 0.3 is 6.18 Å². The summed E-state index contributed by atoms with van der Waals surface area (Å²) in [5, 5.41) is 11.0. The molecule has 5 nitrogen and oxygen atoms in total. The summed E-state index contributed by atoms with van der Waals surface area (Å²) in [6, 6.07) is 5.52. The number of anilines is 2. The van der Waals surface area contributed by atoms with E-state index >= 15 is 0 Å². The van der Waals surface area contributed by atoms with Crippen molar-refractivity contribution in [3.8, 4) is 0 Å². The molecule has 1 aromatic heterocycles. The molecule has 0 saturated carbocycles. The maximum atomic E-state index is 13.3. The summed E-state index contributed by atoms with van der Waals surface area (Å²) in [5.41, 5.74) is 2.11. The molecule has 0 aliphatic carbocycles. The molecular formula is C21H26F3N5. The molecule has 156 valence electrons. The Balaban J connectivity index is 1.91. The summed E-state index contributed by atoms with van der Waals surface area (Å²) in [7, 11) is 2.08. The molecule has 1 fully saturated rings. The zero-order valence-corrected chi connectivity index (χ0v) is 16.7. The first-order valence-corrected chi connectivity index (χ1v) is 9.70. The number of hydrogen-bond acceptors (Lipinski definition) is 5. The molecule has 29 heavy (non-hydrogen) atoms. The first-order chi connectivity index (χ1) is 13.8. The number of alkyl halides is 3. The first-order valence-electron chi connectivity index (χ1n) is 9.70. The van der Waals surface area contributed by atoms with E-state index in [0.29, 0.717) is 11.4 Å². The number of rotatable bonds is 6. The number of piperazine rings is 1. The standard InChI is InChI=1S/C21H26F3N5/c1-3-15-13-26-20(17(12-25)19(15)29-10-8-28(2)9-11-29)27-14-16-6-4-5-7-18(16)21(22,23)24/h4-7,12-13,25H,3,8-11,14H2,1-2H3,(H,26,27). The first kappa shape index (κ1) is 21.1. The van der Waals surface area contributed by atoms with Crippen molar-refractivity contribution in [3.05, 3.63) is 52.7 Å². The largest absolute Gasteiger partial charge is 0.416 e. The molecule has 2 heterocycles. The molecule has 8 heteroatoms. The minimum Gasteiger partial charge on any atom is -0.368 e. The van der Waals surface area contributed by atoms with Crippen LogP contribution in [0, 0.1) is 5.41 Å². The molecule has 0 spiro atoms. The number of nitrogens with zero attached hydrogens (tertiary/aromatic N) is 3. The Morgan fingerprint density at radius 1 is 1.14 bits per heavy atom. The van der Waals surface area contributed by atoms with Gasteiger partial charge in [0.15, 0.2) is 0 Å². The fourth-order valence-corrected chi connectivity index (χ4v) is 3.63. The molecule has 1 aromatic carbocycles. The maximum Gasteiger partial charge on any atom is 0.416 e. The minimum absolute atomic E-state index is 0.0167. The van der Waals surface area contributed by atoms with Crippen LogP contribution in [0.5, 0.6) is 0 Å². The minimum atomic E-state index is -4.41. The number of hydrogen-bond donors (Lipinski definition) is 2. The molecule has 2 aromatic rings. The van der Waals surface area contributed by atoms with E-state index in [9.17, 15) is 13.2 Å². The van der Waals surface area contributed by atoms with Gasteiger partial charge in [-0.25, -0.2) is 4.98 Å². The van der Waals surface area contributed by atoms with Crippen molar-refractivity contribution >= 4 is 17.7 Å². The van der Waals surface area contributed by atoms with E-state index in [1.54, 1.807) is 12.3 Å².